The summed E-state index contributed by atoms with van der Waals surface area (Å²) in [6, 6.07) is 10.5. The van der Waals surface area contributed by atoms with Gasteiger partial charge in [-0.2, -0.15) is 0 Å². The van der Waals surface area contributed by atoms with Crippen molar-refractivity contribution in [3.63, 3.8) is 0 Å². The molecule has 3 saturated heterocycles. The van der Waals surface area contributed by atoms with Gasteiger partial charge in [0.05, 0.1) is 0 Å². The van der Waals surface area contributed by atoms with E-state index >= 15 is 0 Å². The molecule has 3 aliphatic rings. The Labute approximate surface area is 159 Å². The van der Waals surface area contributed by atoms with Crippen LogP contribution in [0.25, 0.3) is 0 Å². The van der Waals surface area contributed by atoms with Crippen molar-refractivity contribution in [3.8, 4) is 0 Å². The zero-order valence-electron chi connectivity index (χ0n) is 15.5. The molecule has 146 valence electrons. The minimum absolute atomic E-state index is 0.167. The molecule has 1 N–H and O–H groups in total. The Hall–Kier alpha value is -2.28. The third-order valence-electron chi connectivity index (χ3n) is 6.22. The first-order chi connectivity index (χ1) is 13.1. The van der Waals surface area contributed by atoms with Crippen LogP contribution in [0, 0.1) is 0 Å². The smallest absolute Gasteiger partial charge is 0.410 e. The molecular formula is C20H27N3O4. The lowest BCUT2D eigenvalue weighted by Crippen LogP contribution is -2.57. The number of rotatable bonds is 3. The van der Waals surface area contributed by atoms with Crippen LogP contribution < -0.4 is 0 Å². The summed E-state index contributed by atoms with van der Waals surface area (Å²) < 4.78 is 5.43. The largest absolute Gasteiger partial charge is 0.465 e. The van der Waals surface area contributed by atoms with Crippen LogP contribution in [-0.4, -0.2) is 76.3 Å². The molecule has 0 aliphatic carbocycles. The van der Waals surface area contributed by atoms with E-state index in [0.717, 1.165) is 44.3 Å². The van der Waals surface area contributed by atoms with Crippen molar-refractivity contribution in [1.82, 2.24) is 14.7 Å². The van der Waals surface area contributed by atoms with Crippen LogP contribution in [-0.2, 0) is 11.3 Å². The zero-order chi connectivity index (χ0) is 18.8. The molecule has 0 aromatic heterocycles. The quantitative estimate of drug-likeness (QED) is 0.882. The lowest BCUT2D eigenvalue weighted by molar-refractivity contribution is 0.0262. The fourth-order valence-corrected chi connectivity index (χ4v) is 4.84. The third kappa shape index (κ3) is 3.88. The van der Waals surface area contributed by atoms with Crippen molar-refractivity contribution in [2.45, 2.75) is 50.4 Å². The maximum atomic E-state index is 12.3. The van der Waals surface area contributed by atoms with Crippen LogP contribution in [0.2, 0.25) is 0 Å². The second-order valence-corrected chi connectivity index (χ2v) is 7.76. The number of nitrogens with zero attached hydrogens (tertiary/aromatic N) is 3. The van der Waals surface area contributed by atoms with Crippen LogP contribution in [0.1, 0.15) is 31.2 Å². The standard InChI is InChI=1S/C20H27N3O4/c24-19(25)23-16-6-7-17(23)13-18(12-16)21-8-10-22(11-9-21)20(26)27-14-15-4-2-1-3-5-15/h1-5,16-18H,6-14H2,(H,24,25). The predicted octanol–water partition coefficient (Wildman–Crippen LogP) is 2.61. The summed E-state index contributed by atoms with van der Waals surface area (Å²) in [6.07, 6.45) is 2.78. The second-order valence-electron chi connectivity index (χ2n) is 7.76. The molecule has 0 radical (unpaired) electrons. The Bertz CT molecular complexity index is 661. The van der Waals surface area contributed by atoms with Crippen molar-refractivity contribution < 1.29 is 19.4 Å². The van der Waals surface area contributed by atoms with Crippen molar-refractivity contribution in [2.24, 2.45) is 0 Å². The highest BCUT2D eigenvalue weighted by atomic mass is 16.6. The van der Waals surface area contributed by atoms with Crippen molar-refractivity contribution in [3.05, 3.63) is 35.9 Å². The fraction of sp³-hybridized carbons (Fsp3) is 0.600. The highest BCUT2D eigenvalue weighted by Crippen LogP contribution is 2.37. The summed E-state index contributed by atoms with van der Waals surface area (Å²) in [5.74, 6) is 0. The summed E-state index contributed by atoms with van der Waals surface area (Å²) in [5.41, 5.74) is 0.991. The molecule has 2 bridgehead atoms. The molecule has 1 aromatic rings. The van der Waals surface area contributed by atoms with E-state index in [9.17, 15) is 14.7 Å². The van der Waals surface area contributed by atoms with E-state index in [1.807, 2.05) is 30.3 Å². The molecule has 0 spiro atoms. The van der Waals surface area contributed by atoms with Gasteiger partial charge in [-0.15, -0.1) is 0 Å². The van der Waals surface area contributed by atoms with E-state index in [1.165, 1.54) is 0 Å². The number of carbonyl (C=O) groups is 2. The third-order valence-corrected chi connectivity index (χ3v) is 6.22. The number of ether oxygens (including phenoxy) is 1. The van der Waals surface area contributed by atoms with Gasteiger partial charge in [0.15, 0.2) is 0 Å². The number of carboxylic acid groups (broad SMARTS) is 1. The van der Waals surface area contributed by atoms with Crippen LogP contribution in [0.5, 0.6) is 0 Å². The molecule has 7 heteroatoms. The number of fused-ring (bicyclic) bond motifs is 2. The minimum Gasteiger partial charge on any atom is -0.465 e. The Kier molecular flexibility index (Phi) is 5.20. The topological polar surface area (TPSA) is 73.3 Å². The number of amides is 2. The number of hydrogen-bond donors (Lipinski definition) is 1. The van der Waals surface area contributed by atoms with Gasteiger partial charge in [0, 0.05) is 44.3 Å². The molecule has 0 saturated carbocycles. The average Bonchev–Trinajstić information content (AvgIpc) is 2.97. The number of benzene rings is 1. The van der Waals surface area contributed by atoms with E-state index in [4.69, 9.17) is 4.74 Å². The Morgan fingerprint density at radius 2 is 1.59 bits per heavy atom. The van der Waals surface area contributed by atoms with E-state index in [0.29, 0.717) is 25.7 Å². The average molecular weight is 373 g/mol. The van der Waals surface area contributed by atoms with Gasteiger partial charge in [-0.25, -0.2) is 9.59 Å². The van der Waals surface area contributed by atoms with Gasteiger partial charge in [0.2, 0.25) is 0 Å². The maximum absolute atomic E-state index is 12.3. The monoisotopic (exact) mass is 373 g/mol. The van der Waals surface area contributed by atoms with Crippen molar-refractivity contribution >= 4 is 12.2 Å². The van der Waals surface area contributed by atoms with Crippen molar-refractivity contribution in [1.29, 1.82) is 0 Å². The number of piperidine rings is 1. The van der Waals surface area contributed by atoms with E-state index in [1.54, 1.807) is 9.80 Å². The van der Waals surface area contributed by atoms with E-state index in [-0.39, 0.29) is 18.2 Å². The first kappa shape index (κ1) is 18.1. The fourth-order valence-electron chi connectivity index (χ4n) is 4.84. The molecule has 2 amide bonds. The molecule has 2 unspecified atom stereocenters. The highest BCUT2D eigenvalue weighted by Gasteiger charge is 2.45. The first-order valence-electron chi connectivity index (χ1n) is 9.83. The van der Waals surface area contributed by atoms with Gasteiger partial charge in [-0.3, -0.25) is 4.90 Å². The molecule has 2 atom stereocenters. The lowest BCUT2D eigenvalue weighted by Gasteiger charge is -2.44. The van der Waals surface area contributed by atoms with Gasteiger partial charge >= 0.3 is 12.2 Å². The predicted molar refractivity (Wildman–Crippen MR) is 99.5 cm³/mol. The molecule has 3 fully saturated rings. The molecule has 27 heavy (non-hydrogen) atoms. The van der Waals surface area contributed by atoms with Gasteiger partial charge in [0.1, 0.15) is 6.61 Å². The van der Waals surface area contributed by atoms with Crippen LogP contribution in [0.3, 0.4) is 0 Å². The van der Waals surface area contributed by atoms with Gasteiger partial charge in [-0.1, -0.05) is 30.3 Å². The van der Waals surface area contributed by atoms with Crippen molar-refractivity contribution in [2.75, 3.05) is 26.2 Å². The van der Waals surface area contributed by atoms with E-state index in [2.05, 4.69) is 4.90 Å². The Morgan fingerprint density at radius 1 is 0.963 bits per heavy atom. The van der Waals surface area contributed by atoms with E-state index < -0.39 is 6.09 Å². The lowest BCUT2D eigenvalue weighted by atomic mass is 9.95. The van der Waals surface area contributed by atoms with Crippen LogP contribution >= 0.6 is 0 Å². The highest BCUT2D eigenvalue weighted by molar-refractivity contribution is 5.68. The zero-order valence-corrected chi connectivity index (χ0v) is 15.5. The first-order valence-corrected chi connectivity index (χ1v) is 9.83. The second kappa shape index (κ2) is 7.76. The summed E-state index contributed by atoms with van der Waals surface area (Å²) in [4.78, 5) is 29.6. The molecule has 3 heterocycles. The van der Waals surface area contributed by atoms with Crippen LogP contribution in [0.4, 0.5) is 9.59 Å². The van der Waals surface area contributed by atoms with Gasteiger partial charge in [-0.05, 0) is 31.2 Å². The number of hydrogen-bond acceptors (Lipinski definition) is 4. The Balaban J connectivity index is 1.25. The minimum atomic E-state index is -0.771. The molecule has 7 nitrogen and oxygen atoms in total. The summed E-state index contributed by atoms with van der Waals surface area (Å²) >= 11 is 0. The SMILES string of the molecule is O=C(OCc1ccccc1)N1CCN(C2CC3CCC(C2)N3C(=O)O)CC1. The molecule has 3 aliphatic heterocycles. The summed E-state index contributed by atoms with van der Waals surface area (Å²) in [6.45, 7) is 3.30. The number of carbonyl (C=O) groups excluding carboxylic acids is 1. The van der Waals surface area contributed by atoms with Crippen LogP contribution in [0.15, 0.2) is 30.3 Å². The summed E-state index contributed by atoms with van der Waals surface area (Å²) in [7, 11) is 0. The normalized spacial score (nSPS) is 28.2. The van der Waals surface area contributed by atoms with Gasteiger partial charge < -0.3 is 19.6 Å². The molecule has 1 aromatic carbocycles. The summed E-state index contributed by atoms with van der Waals surface area (Å²) in [5, 5.41) is 9.40. The van der Waals surface area contributed by atoms with Gasteiger partial charge in [0.25, 0.3) is 0 Å². The maximum Gasteiger partial charge on any atom is 0.410 e. The Morgan fingerprint density at radius 3 is 2.19 bits per heavy atom. The molecular weight excluding hydrogens is 346 g/mol. The molecule has 4 rings (SSSR count). The number of piperazine rings is 1.